The molecule has 0 aliphatic carbocycles. The summed E-state index contributed by atoms with van der Waals surface area (Å²) in [6.07, 6.45) is 0.710. The van der Waals surface area contributed by atoms with E-state index in [0.29, 0.717) is 23.3 Å². The van der Waals surface area contributed by atoms with Gasteiger partial charge in [0.1, 0.15) is 24.7 Å². The van der Waals surface area contributed by atoms with Gasteiger partial charge in [0.25, 0.3) is 5.69 Å². The number of nitrogens with zero attached hydrogens (tertiary/aromatic N) is 1. The second kappa shape index (κ2) is 7.56. The van der Waals surface area contributed by atoms with E-state index >= 15 is 0 Å². The Bertz CT molecular complexity index is 689. The molecule has 0 heterocycles. The van der Waals surface area contributed by atoms with E-state index in [2.05, 4.69) is 15.9 Å². The van der Waals surface area contributed by atoms with E-state index < -0.39 is 4.92 Å². The van der Waals surface area contributed by atoms with Crippen molar-refractivity contribution in [1.82, 2.24) is 0 Å². The number of nitro groups is 1. The van der Waals surface area contributed by atoms with Crippen molar-refractivity contribution in [2.24, 2.45) is 0 Å². The number of carbonyl (C=O) groups is 1. The van der Waals surface area contributed by atoms with Crippen molar-refractivity contribution in [3.8, 4) is 11.5 Å². The Morgan fingerprint density at radius 2 is 1.91 bits per heavy atom. The summed E-state index contributed by atoms with van der Waals surface area (Å²) in [5, 5.41) is 10.7. The Morgan fingerprint density at radius 1 is 1.14 bits per heavy atom. The topological polar surface area (TPSA) is 78.7 Å². The summed E-state index contributed by atoms with van der Waals surface area (Å²) in [6, 6.07) is 11.0. The van der Waals surface area contributed by atoms with Crippen molar-refractivity contribution in [2.75, 3.05) is 13.2 Å². The van der Waals surface area contributed by atoms with E-state index in [1.54, 1.807) is 30.3 Å². The molecular formula is C15H12BrNO5. The zero-order chi connectivity index (χ0) is 15.9. The van der Waals surface area contributed by atoms with Crippen LogP contribution >= 0.6 is 15.9 Å². The fraction of sp³-hybridized carbons (Fsp3) is 0.133. The normalized spacial score (nSPS) is 10.0. The fourth-order valence-corrected chi connectivity index (χ4v) is 2.12. The molecule has 0 spiro atoms. The highest BCUT2D eigenvalue weighted by Crippen LogP contribution is 2.22. The van der Waals surface area contributed by atoms with Crippen LogP contribution in [0.25, 0.3) is 0 Å². The molecule has 0 atom stereocenters. The van der Waals surface area contributed by atoms with Crippen molar-refractivity contribution in [3.63, 3.8) is 0 Å². The summed E-state index contributed by atoms with van der Waals surface area (Å²) in [7, 11) is 0. The zero-order valence-corrected chi connectivity index (χ0v) is 13.0. The first-order valence-electron chi connectivity index (χ1n) is 6.35. The van der Waals surface area contributed by atoms with Gasteiger partial charge < -0.3 is 9.47 Å². The number of hydrogen-bond acceptors (Lipinski definition) is 5. The number of ether oxygens (including phenoxy) is 2. The molecule has 2 aromatic carbocycles. The molecule has 0 saturated heterocycles. The second-order valence-electron chi connectivity index (χ2n) is 4.25. The molecule has 0 radical (unpaired) electrons. The average molecular weight is 366 g/mol. The van der Waals surface area contributed by atoms with Gasteiger partial charge in [-0.1, -0.05) is 22.0 Å². The smallest absolute Gasteiger partial charge is 0.273 e. The predicted molar refractivity (Wildman–Crippen MR) is 83.6 cm³/mol. The van der Waals surface area contributed by atoms with Crippen LogP contribution in [0.15, 0.2) is 46.9 Å². The summed E-state index contributed by atoms with van der Waals surface area (Å²) in [6.45, 7) is 0.417. The van der Waals surface area contributed by atoms with Crippen LogP contribution in [0.2, 0.25) is 0 Å². The van der Waals surface area contributed by atoms with Gasteiger partial charge in [-0.05, 0) is 24.3 Å². The molecule has 0 fully saturated rings. The van der Waals surface area contributed by atoms with E-state index in [1.165, 1.54) is 12.1 Å². The average Bonchev–Trinajstić information content (AvgIpc) is 2.52. The summed E-state index contributed by atoms with van der Waals surface area (Å²) in [5.74, 6) is 0.852. The third kappa shape index (κ3) is 4.29. The number of aldehydes is 1. The van der Waals surface area contributed by atoms with E-state index in [4.69, 9.17) is 9.47 Å². The summed E-state index contributed by atoms with van der Waals surface area (Å²) < 4.78 is 11.6. The van der Waals surface area contributed by atoms with Crippen LogP contribution < -0.4 is 9.47 Å². The molecule has 2 aromatic rings. The number of nitro benzene ring substituents is 1. The van der Waals surface area contributed by atoms with Crippen molar-refractivity contribution >= 4 is 27.9 Å². The van der Waals surface area contributed by atoms with Crippen LogP contribution in [0.4, 0.5) is 5.69 Å². The lowest BCUT2D eigenvalue weighted by molar-refractivity contribution is -0.384. The van der Waals surface area contributed by atoms with Gasteiger partial charge in [0.2, 0.25) is 0 Å². The van der Waals surface area contributed by atoms with E-state index in [0.717, 1.165) is 4.47 Å². The maximum atomic E-state index is 10.9. The first kappa shape index (κ1) is 16.0. The highest BCUT2D eigenvalue weighted by atomic mass is 79.9. The van der Waals surface area contributed by atoms with E-state index in [9.17, 15) is 14.9 Å². The molecule has 6 nitrogen and oxygen atoms in total. The highest BCUT2D eigenvalue weighted by molar-refractivity contribution is 9.10. The van der Waals surface area contributed by atoms with Gasteiger partial charge in [-0.25, -0.2) is 0 Å². The SMILES string of the molecule is O=Cc1cc(Br)ccc1OCCOc1cccc([N+](=O)[O-])c1. The Kier molecular flexibility index (Phi) is 5.48. The quantitative estimate of drug-likeness (QED) is 0.324. The molecule has 0 aromatic heterocycles. The maximum absolute atomic E-state index is 10.9. The largest absolute Gasteiger partial charge is 0.490 e. The number of hydrogen-bond donors (Lipinski definition) is 0. The molecule has 22 heavy (non-hydrogen) atoms. The van der Waals surface area contributed by atoms with Crippen molar-refractivity contribution in [1.29, 1.82) is 0 Å². The minimum atomic E-state index is -0.485. The van der Waals surface area contributed by atoms with Crippen LogP contribution in [-0.2, 0) is 0 Å². The number of halogens is 1. The van der Waals surface area contributed by atoms with Gasteiger partial charge in [0.05, 0.1) is 16.6 Å². The molecule has 0 aliphatic heterocycles. The van der Waals surface area contributed by atoms with Gasteiger partial charge in [-0.3, -0.25) is 14.9 Å². The van der Waals surface area contributed by atoms with Gasteiger partial charge in [-0.15, -0.1) is 0 Å². The molecule has 114 valence electrons. The van der Waals surface area contributed by atoms with Crippen LogP contribution in [0.1, 0.15) is 10.4 Å². The van der Waals surface area contributed by atoms with Crippen molar-refractivity contribution in [3.05, 3.63) is 62.6 Å². The van der Waals surface area contributed by atoms with Crippen molar-refractivity contribution < 1.29 is 19.2 Å². The third-order valence-corrected chi connectivity index (χ3v) is 3.23. The van der Waals surface area contributed by atoms with Gasteiger partial charge in [0, 0.05) is 10.5 Å². The van der Waals surface area contributed by atoms with Crippen LogP contribution in [-0.4, -0.2) is 24.4 Å². The van der Waals surface area contributed by atoms with Crippen LogP contribution in [0, 0.1) is 10.1 Å². The highest BCUT2D eigenvalue weighted by Gasteiger charge is 2.07. The summed E-state index contributed by atoms with van der Waals surface area (Å²) in [4.78, 5) is 21.1. The van der Waals surface area contributed by atoms with Crippen LogP contribution in [0.5, 0.6) is 11.5 Å². The number of rotatable bonds is 7. The predicted octanol–water partition coefficient (Wildman–Crippen LogP) is 3.63. The number of carbonyl (C=O) groups excluding carboxylic acids is 1. The molecule has 0 aliphatic rings. The number of non-ortho nitro benzene ring substituents is 1. The van der Waals surface area contributed by atoms with Gasteiger partial charge in [-0.2, -0.15) is 0 Å². The summed E-state index contributed by atoms with van der Waals surface area (Å²) >= 11 is 3.27. The van der Waals surface area contributed by atoms with Crippen LogP contribution in [0.3, 0.4) is 0 Å². The van der Waals surface area contributed by atoms with E-state index in [1.807, 2.05) is 0 Å². The van der Waals surface area contributed by atoms with E-state index in [-0.39, 0.29) is 18.9 Å². The molecule has 0 N–H and O–H groups in total. The lowest BCUT2D eigenvalue weighted by Crippen LogP contribution is -2.10. The lowest BCUT2D eigenvalue weighted by Gasteiger charge is -2.10. The molecule has 0 saturated carbocycles. The Balaban J connectivity index is 1.88. The zero-order valence-electron chi connectivity index (χ0n) is 11.4. The summed E-state index contributed by atoms with van der Waals surface area (Å²) in [5.41, 5.74) is 0.402. The Hall–Kier alpha value is -2.41. The van der Waals surface area contributed by atoms with Crippen molar-refractivity contribution in [2.45, 2.75) is 0 Å². The van der Waals surface area contributed by atoms with Gasteiger partial charge in [0.15, 0.2) is 6.29 Å². The molecule has 0 amide bonds. The number of benzene rings is 2. The third-order valence-electron chi connectivity index (χ3n) is 2.74. The fourth-order valence-electron chi connectivity index (χ4n) is 1.74. The molecule has 7 heteroatoms. The standard InChI is InChI=1S/C15H12BrNO5/c16-12-4-5-15(11(8-12)10-18)22-7-6-21-14-3-1-2-13(9-14)17(19)20/h1-5,8-10H,6-7H2. The first-order chi connectivity index (χ1) is 10.6. The minimum Gasteiger partial charge on any atom is -0.490 e. The Labute approximate surface area is 134 Å². The molecule has 0 unspecified atom stereocenters. The molecule has 0 bridgehead atoms. The molecular weight excluding hydrogens is 354 g/mol. The van der Waals surface area contributed by atoms with Gasteiger partial charge >= 0.3 is 0 Å². The molecule has 2 rings (SSSR count). The first-order valence-corrected chi connectivity index (χ1v) is 7.14. The lowest BCUT2D eigenvalue weighted by atomic mass is 10.2. The maximum Gasteiger partial charge on any atom is 0.273 e. The minimum absolute atomic E-state index is 0.0328. The second-order valence-corrected chi connectivity index (χ2v) is 5.17. The monoisotopic (exact) mass is 365 g/mol. The Morgan fingerprint density at radius 3 is 2.64 bits per heavy atom.